The van der Waals surface area contributed by atoms with Gasteiger partial charge in [-0.2, -0.15) is 0 Å². The molecule has 0 aromatic heterocycles. The Hall–Kier alpha value is 0.440. The Kier molecular flexibility index (Phi) is 8.35. The molecular formula is C10H22BrN. The van der Waals surface area contributed by atoms with E-state index in [0.29, 0.717) is 4.83 Å². The fourth-order valence-corrected chi connectivity index (χ4v) is 1.18. The minimum atomic E-state index is 0.696. The van der Waals surface area contributed by atoms with Crippen LogP contribution in [0, 0.1) is 5.92 Å². The fourth-order valence-electron chi connectivity index (χ4n) is 0.956. The summed E-state index contributed by atoms with van der Waals surface area (Å²) < 4.78 is 0. The largest absolute Gasteiger partial charge is 0.316 e. The van der Waals surface area contributed by atoms with Crippen LogP contribution in [-0.4, -0.2) is 17.9 Å². The molecule has 0 rings (SSSR count). The second kappa shape index (κ2) is 8.06. The summed E-state index contributed by atoms with van der Waals surface area (Å²) in [5.41, 5.74) is 0. The molecule has 0 fully saturated rings. The number of hydrogen-bond acceptors (Lipinski definition) is 1. The predicted octanol–water partition coefficient (Wildman–Crippen LogP) is 3.19. The Morgan fingerprint density at radius 3 is 2.42 bits per heavy atom. The maximum atomic E-state index is 3.62. The highest BCUT2D eigenvalue weighted by atomic mass is 79.9. The molecule has 0 spiro atoms. The fraction of sp³-hybridized carbons (Fsp3) is 1.00. The lowest BCUT2D eigenvalue weighted by Crippen LogP contribution is -2.23. The lowest BCUT2D eigenvalue weighted by molar-refractivity contribution is 0.493. The first-order chi connectivity index (χ1) is 5.70. The van der Waals surface area contributed by atoms with Crippen molar-refractivity contribution in [3.05, 3.63) is 0 Å². The van der Waals surface area contributed by atoms with Crippen LogP contribution in [0.3, 0.4) is 0 Å². The van der Waals surface area contributed by atoms with Gasteiger partial charge in [0.2, 0.25) is 0 Å². The summed E-state index contributed by atoms with van der Waals surface area (Å²) in [4.78, 5) is 0.696. The third-order valence-electron chi connectivity index (χ3n) is 2.27. The Morgan fingerprint density at radius 2 is 1.92 bits per heavy atom. The van der Waals surface area contributed by atoms with Crippen LogP contribution in [-0.2, 0) is 0 Å². The normalized spacial score (nSPS) is 16.0. The Labute approximate surface area is 85.4 Å². The van der Waals surface area contributed by atoms with Crippen LogP contribution in [0.1, 0.15) is 40.0 Å². The molecule has 0 saturated heterocycles. The van der Waals surface area contributed by atoms with Gasteiger partial charge in [0.05, 0.1) is 0 Å². The van der Waals surface area contributed by atoms with Crippen molar-refractivity contribution in [1.29, 1.82) is 0 Å². The van der Waals surface area contributed by atoms with Gasteiger partial charge in [-0.25, -0.2) is 0 Å². The number of nitrogens with one attached hydrogen (secondary N) is 1. The maximum Gasteiger partial charge on any atom is 0.0155 e. The zero-order chi connectivity index (χ0) is 9.40. The molecule has 0 saturated carbocycles. The standard InChI is InChI=1S/C10H22BrN/c1-4-9(3)8-12-7-6-10(11)5-2/h9-10,12H,4-8H2,1-3H3. The van der Waals surface area contributed by atoms with Gasteiger partial charge in [0.1, 0.15) is 0 Å². The molecule has 2 atom stereocenters. The average Bonchev–Trinajstić information content (AvgIpc) is 2.11. The Bertz CT molecular complexity index is 83.8. The minimum absolute atomic E-state index is 0.696. The molecule has 0 bridgehead atoms. The van der Waals surface area contributed by atoms with E-state index >= 15 is 0 Å². The van der Waals surface area contributed by atoms with Crippen molar-refractivity contribution in [2.24, 2.45) is 5.92 Å². The van der Waals surface area contributed by atoms with E-state index < -0.39 is 0 Å². The van der Waals surface area contributed by atoms with Gasteiger partial charge in [-0.1, -0.05) is 43.1 Å². The van der Waals surface area contributed by atoms with Crippen LogP contribution < -0.4 is 5.32 Å². The molecule has 0 aliphatic carbocycles. The minimum Gasteiger partial charge on any atom is -0.316 e. The first kappa shape index (κ1) is 12.4. The van der Waals surface area contributed by atoms with E-state index in [1.54, 1.807) is 0 Å². The second-order valence-electron chi connectivity index (χ2n) is 3.51. The van der Waals surface area contributed by atoms with Crippen molar-refractivity contribution in [3.63, 3.8) is 0 Å². The van der Waals surface area contributed by atoms with E-state index in [0.717, 1.165) is 12.5 Å². The molecule has 0 radical (unpaired) electrons. The number of alkyl halides is 1. The summed E-state index contributed by atoms with van der Waals surface area (Å²) in [6.45, 7) is 9.06. The van der Waals surface area contributed by atoms with Gasteiger partial charge in [-0.05, 0) is 31.8 Å². The van der Waals surface area contributed by atoms with Crippen molar-refractivity contribution in [3.8, 4) is 0 Å². The molecule has 1 N–H and O–H groups in total. The zero-order valence-electron chi connectivity index (χ0n) is 8.57. The van der Waals surface area contributed by atoms with Crippen LogP contribution in [0.5, 0.6) is 0 Å². The molecule has 2 unspecified atom stereocenters. The number of halogens is 1. The quantitative estimate of drug-likeness (QED) is 0.528. The van der Waals surface area contributed by atoms with Crippen molar-refractivity contribution < 1.29 is 0 Å². The second-order valence-corrected chi connectivity index (χ2v) is 4.81. The molecule has 1 nitrogen and oxygen atoms in total. The highest BCUT2D eigenvalue weighted by Gasteiger charge is 2.00. The molecule has 0 heterocycles. The van der Waals surface area contributed by atoms with E-state index in [9.17, 15) is 0 Å². The van der Waals surface area contributed by atoms with Crippen molar-refractivity contribution in [2.45, 2.75) is 44.9 Å². The van der Waals surface area contributed by atoms with Crippen molar-refractivity contribution in [1.82, 2.24) is 5.32 Å². The van der Waals surface area contributed by atoms with Crippen LogP contribution in [0.25, 0.3) is 0 Å². The van der Waals surface area contributed by atoms with Gasteiger partial charge >= 0.3 is 0 Å². The Morgan fingerprint density at radius 1 is 1.25 bits per heavy atom. The van der Waals surface area contributed by atoms with Crippen LogP contribution in [0.15, 0.2) is 0 Å². The summed E-state index contributed by atoms with van der Waals surface area (Å²) >= 11 is 3.62. The average molecular weight is 236 g/mol. The molecule has 0 aromatic rings. The SMILES string of the molecule is CCC(C)CNCCC(Br)CC. The molecule has 0 aromatic carbocycles. The molecule has 2 heteroatoms. The summed E-state index contributed by atoms with van der Waals surface area (Å²) in [6, 6.07) is 0. The van der Waals surface area contributed by atoms with Crippen molar-refractivity contribution in [2.75, 3.05) is 13.1 Å². The van der Waals surface area contributed by atoms with Gasteiger partial charge in [0, 0.05) is 4.83 Å². The van der Waals surface area contributed by atoms with Gasteiger partial charge in [-0.15, -0.1) is 0 Å². The third kappa shape index (κ3) is 7.11. The number of rotatable bonds is 7. The predicted molar refractivity (Wildman–Crippen MR) is 59.9 cm³/mol. The van der Waals surface area contributed by atoms with Crippen LogP contribution in [0.4, 0.5) is 0 Å². The van der Waals surface area contributed by atoms with Gasteiger partial charge in [-0.3, -0.25) is 0 Å². The summed E-state index contributed by atoms with van der Waals surface area (Å²) in [5.74, 6) is 0.820. The lowest BCUT2D eigenvalue weighted by Gasteiger charge is -2.11. The van der Waals surface area contributed by atoms with Gasteiger partial charge in [0.25, 0.3) is 0 Å². The molecule has 0 aliphatic rings. The molecular weight excluding hydrogens is 214 g/mol. The smallest absolute Gasteiger partial charge is 0.0155 e. The van der Waals surface area contributed by atoms with E-state index in [4.69, 9.17) is 0 Å². The molecule has 0 aliphatic heterocycles. The maximum absolute atomic E-state index is 3.62. The first-order valence-corrected chi connectivity index (χ1v) is 5.97. The molecule has 0 amide bonds. The van der Waals surface area contributed by atoms with Crippen molar-refractivity contribution >= 4 is 15.9 Å². The van der Waals surface area contributed by atoms with E-state index in [2.05, 4.69) is 42.0 Å². The molecule has 74 valence electrons. The highest BCUT2D eigenvalue weighted by molar-refractivity contribution is 9.09. The summed E-state index contributed by atoms with van der Waals surface area (Å²) in [6.07, 6.45) is 3.75. The number of hydrogen-bond donors (Lipinski definition) is 1. The highest BCUT2D eigenvalue weighted by Crippen LogP contribution is 2.07. The summed E-state index contributed by atoms with van der Waals surface area (Å²) in [5, 5.41) is 3.47. The van der Waals surface area contributed by atoms with Crippen LogP contribution in [0.2, 0.25) is 0 Å². The monoisotopic (exact) mass is 235 g/mol. The first-order valence-electron chi connectivity index (χ1n) is 5.05. The van der Waals surface area contributed by atoms with Gasteiger partial charge in [0.15, 0.2) is 0 Å². The lowest BCUT2D eigenvalue weighted by atomic mass is 10.1. The third-order valence-corrected chi connectivity index (χ3v) is 3.37. The topological polar surface area (TPSA) is 12.0 Å². The Balaban J connectivity index is 3.10. The molecule has 12 heavy (non-hydrogen) atoms. The summed E-state index contributed by atoms with van der Waals surface area (Å²) in [7, 11) is 0. The van der Waals surface area contributed by atoms with E-state index in [-0.39, 0.29) is 0 Å². The van der Waals surface area contributed by atoms with E-state index in [1.807, 2.05) is 0 Å². The zero-order valence-corrected chi connectivity index (χ0v) is 10.2. The van der Waals surface area contributed by atoms with Crippen LogP contribution >= 0.6 is 15.9 Å². The van der Waals surface area contributed by atoms with E-state index in [1.165, 1.54) is 25.8 Å². The van der Waals surface area contributed by atoms with Gasteiger partial charge < -0.3 is 5.32 Å².